The maximum atomic E-state index is 12.9. The summed E-state index contributed by atoms with van der Waals surface area (Å²) in [5.74, 6) is 0.925. The summed E-state index contributed by atoms with van der Waals surface area (Å²) in [5.41, 5.74) is 7.04. The van der Waals surface area contributed by atoms with Crippen LogP contribution < -0.4 is 5.73 Å². The smallest absolute Gasteiger partial charge is 0.227 e. The molecule has 20 heavy (non-hydrogen) atoms. The van der Waals surface area contributed by atoms with Crippen molar-refractivity contribution in [3.05, 3.63) is 35.6 Å². The van der Waals surface area contributed by atoms with Crippen molar-refractivity contribution in [3.63, 3.8) is 0 Å². The highest BCUT2D eigenvalue weighted by atomic mass is 19.1. The van der Waals surface area contributed by atoms with Crippen LogP contribution in [-0.2, 0) is 11.2 Å². The Labute approximate surface area is 118 Å². The van der Waals surface area contributed by atoms with Crippen LogP contribution in [0.2, 0.25) is 0 Å². The summed E-state index contributed by atoms with van der Waals surface area (Å²) in [6, 6.07) is 6.42. The van der Waals surface area contributed by atoms with E-state index >= 15 is 0 Å². The zero-order chi connectivity index (χ0) is 14.1. The van der Waals surface area contributed by atoms with Gasteiger partial charge in [-0.2, -0.15) is 0 Å². The van der Waals surface area contributed by atoms with Crippen LogP contribution in [0.3, 0.4) is 0 Å². The Hall–Kier alpha value is -1.42. The molecule has 1 saturated heterocycles. The highest BCUT2D eigenvalue weighted by molar-refractivity contribution is 5.79. The predicted octanol–water partition coefficient (Wildman–Crippen LogP) is 1.95. The van der Waals surface area contributed by atoms with Crippen LogP contribution in [0.5, 0.6) is 0 Å². The predicted molar refractivity (Wildman–Crippen MR) is 75.5 cm³/mol. The van der Waals surface area contributed by atoms with E-state index < -0.39 is 0 Å². The Kier molecular flexibility index (Phi) is 3.74. The number of rotatable bonds is 2. The lowest BCUT2D eigenvalue weighted by molar-refractivity contribution is -0.129. The zero-order valence-corrected chi connectivity index (χ0v) is 11.6. The van der Waals surface area contributed by atoms with Gasteiger partial charge in [-0.25, -0.2) is 4.39 Å². The number of halogens is 1. The molecule has 108 valence electrons. The fourth-order valence-electron chi connectivity index (χ4n) is 3.61. The summed E-state index contributed by atoms with van der Waals surface area (Å²) < 4.78 is 12.9. The number of nitrogens with two attached hydrogens (primary N) is 1. The fraction of sp³-hybridized carbons (Fsp3) is 0.562. The lowest BCUT2D eigenvalue weighted by atomic mass is 9.78. The van der Waals surface area contributed by atoms with E-state index in [0.29, 0.717) is 18.3 Å². The van der Waals surface area contributed by atoms with Crippen LogP contribution >= 0.6 is 0 Å². The summed E-state index contributed by atoms with van der Waals surface area (Å²) in [4.78, 5) is 14.3. The van der Waals surface area contributed by atoms with Crippen LogP contribution in [0, 0.1) is 17.7 Å². The van der Waals surface area contributed by atoms with Crippen LogP contribution in [0.1, 0.15) is 24.8 Å². The summed E-state index contributed by atoms with van der Waals surface area (Å²) in [7, 11) is 0. The number of hydrogen-bond donors (Lipinski definition) is 1. The van der Waals surface area contributed by atoms with Gasteiger partial charge in [-0.05, 0) is 42.4 Å². The molecule has 1 aliphatic carbocycles. The second kappa shape index (κ2) is 5.52. The number of benzene rings is 1. The average molecular weight is 276 g/mol. The molecule has 1 amide bonds. The molecule has 3 atom stereocenters. The highest BCUT2D eigenvalue weighted by Crippen LogP contribution is 2.35. The number of carbonyl (C=O) groups is 1. The van der Waals surface area contributed by atoms with Gasteiger partial charge < -0.3 is 10.6 Å². The number of fused-ring (bicyclic) bond motifs is 1. The van der Waals surface area contributed by atoms with Crippen molar-refractivity contribution < 1.29 is 9.18 Å². The van der Waals surface area contributed by atoms with E-state index in [4.69, 9.17) is 5.73 Å². The van der Waals surface area contributed by atoms with E-state index in [0.717, 1.165) is 25.1 Å². The monoisotopic (exact) mass is 276 g/mol. The quantitative estimate of drug-likeness (QED) is 0.897. The standard InChI is InChI=1S/C16H21FN2O/c17-13-6-4-11(5-7-13)8-16(20)19-9-12-2-1-3-15(18)14(12)10-19/h4-7,12,14-15H,1-3,8-10,18H2. The van der Waals surface area contributed by atoms with E-state index in [-0.39, 0.29) is 17.8 Å². The summed E-state index contributed by atoms with van der Waals surface area (Å²) >= 11 is 0. The number of amides is 1. The van der Waals surface area contributed by atoms with Gasteiger partial charge in [-0.1, -0.05) is 18.6 Å². The summed E-state index contributed by atoms with van der Waals surface area (Å²) in [6.45, 7) is 1.64. The van der Waals surface area contributed by atoms with E-state index in [9.17, 15) is 9.18 Å². The minimum atomic E-state index is -0.264. The van der Waals surface area contributed by atoms with E-state index in [1.807, 2.05) is 4.90 Å². The average Bonchev–Trinajstić information content (AvgIpc) is 2.87. The summed E-state index contributed by atoms with van der Waals surface area (Å²) in [6.07, 6.45) is 3.82. The molecule has 3 nitrogen and oxygen atoms in total. The minimum absolute atomic E-state index is 0.137. The lowest BCUT2D eigenvalue weighted by Gasteiger charge is -2.29. The van der Waals surface area contributed by atoms with Gasteiger partial charge in [0.05, 0.1) is 6.42 Å². The Morgan fingerprint density at radius 1 is 1.25 bits per heavy atom. The first-order valence-electron chi connectivity index (χ1n) is 7.41. The molecule has 0 spiro atoms. The maximum absolute atomic E-state index is 12.9. The second-order valence-electron chi connectivity index (χ2n) is 6.12. The molecule has 1 aromatic rings. The molecular weight excluding hydrogens is 255 g/mol. The minimum Gasteiger partial charge on any atom is -0.342 e. The fourth-order valence-corrected chi connectivity index (χ4v) is 3.61. The van der Waals surface area contributed by atoms with Crippen LogP contribution in [0.4, 0.5) is 4.39 Å². The second-order valence-corrected chi connectivity index (χ2v) is 6.12. The Balaban J connectivity index is 1.62. The SMILES string of the molecule is NC1CCCC2CN(C(=O)Cc3ccc(F)cc3)CC12. The van der Waals surface area contributed by atoms with Crippen molar-refractivity contribution in [2.45, 2.75) is 31.7 Å². The van der Waals surface area contributed by atoms with E-state index in [1.54, 1.807) is 12.1 Å². The third-order valence-corrected chi connectivity index (χ3v) is 4.78. The molecule has 0 aromatic heterocycles. The number of likely N-dealkylation sites (tertiary alicyclic amines) is 1. The molecule has 1 saturated carbocycles. The number of hydrogen-bond acceptors (Lipinski definition) is 2. The largest absolute Gasteiger partial charge is 0.342 e. The van der Waals surface area contributed by atoms with Gasteiger partial charge in [0.2, 0.25) is 5.91 Å². The maximum Gasteiger partial charge on any atom is 0.227 e. The van der Waals surface area contributed by atoms with Crippen molar-refractivity contribution in [2.75, 3.05) is 13.1 Å². The number of carbonyl (C=O) groups excluding carboxylic acids is 1. The van der Waals surface area contributed by atoms with Crippen LogP contribution in [0.25, 0.3) is 0 Å². The lowest BCUT2D eigenvalue weighted by Crippen LogP contribution is -2.38. The zero-order valence-electron chi connectivity index (χ0n) is 11.6. The Morgan fingerprint density at radius 3 is 2.70 bits per heavy atom. The Bertz CT molecular complexity index is 488. The molecule has 1 aliphatic heterocycles. The first-order valence-corrected chi connectivity index (χ1v) is 7.41. The number of nitrogens with zero attached hydrogens (tertiary/aromatic N) is 1. The molecule has 4 heteroatoms. The van der Waals surface area contributed by atoms with Gasteiger partial charge in [-0.3, -0.25) is 4.79 Å². The molecule has 0 bridgehead atoms. The Morgan fingerprint density at radius 2 is 2.00 bits per heavy atom. The third kappa shape index (κ3) is 2.70. The van der Waals surface area contributed by atoms with Crippen molar-refractivity contribution in [2.24, 2.45) is 17.6 Å². The molecule has 3 unspecified atom stereocenters. The molecule has 2 aliphatic rings. The topological polar surface area (TPSA) is 46.3 Å². The van der Waals surface area contributed by atoms with Crippen molar-refractivity contribution >= 4 is 5.91 Å². The van der Waals surface area contributed by atoms with Gasteiger partial charge in [-0.15, -0.1) is 0 Å². The van der Waals surface area contributed by atoms with Crippen molar-refractivity contribution in [3.8, 4) is 0 Å². The van der Waals surface area contributed by atoms with Gasteiger partial charge in [0.1, 0.15) is 5.82 Å². The van der Waals surface area contributed by atoms with Gasteiger partial charge in [0.25, 0.3) is 0 Å². The molecule has 1 aromatic carbocycles. The van der Waals surface area contributed by atoms with Gasteiger partial charge >= 0.3 is 0 Å². The van der Waals surface area contributed by atoms with Crippen LogP contribution in [-0.4, -0.2) is 29.9 Å². The molecule has 2 N–H and O–H groups in total. The van der Waals surface area contributed by atoms with Gasteiger partial charge in [0, 0.05) is 19.1 Å². The van der Waals surface area contributed by atoms with Crippen LogP contribution in [0.15, 0.2) is 24.3 Å². The summed E-state index contributed by atoms with van der Waals surface area (Å²) in [5, 5.41) is 0. The normalized spacial score (nSPS) is 29.3. The van der Waals surface area contributed by atoms with Crippen molar-refractivity contribution in [1.29, 1.82) is 0 Å². The molecule has 3 rings (SSSR count). The first kappa shape index (κ1) is 13.6. The third-order valence-electron chi connectivity index (χ3n) is 4.78. The molecular formula is C16H21FN2O. The molecule has 1 heterocycles. The highest BCUT2D eigenvalue weighted by Gasteiger charge is 2.40. The molecule has 0 radical (unpaired) electrons. The van der Waals surface area contributed by atoms with E-state index in [2.05, 4.69) is 0 Å². The van der Waals surface area contributed by atoms with E-state index in [1.165, 1.54) is 25.0 Å². The molecule has 2 fully saturated rings. The van der Waals surface area contributed by atoms with Gasteiger partial charge in [0.15, 0.2) is 0 Å². The first-order chi connectivity index (χ1) is 9.63. The van der Waals surface area contributed by atoms with Crippen molar-refractivity contribution in [1.82, 2.24) is 4.90 Å².